The zero-order chi connectivity index (χ0) is 18.0. The largest absolute Gasteiger partial charge is 0.497 e. The van der Waals surface area contributed by atoms with E-state index in [9.17, 15) is 8.42 Å². The molecule has 0 radical (unpaired) electrons. The van der Waals surface area contributed by atoms with Gasteiger partial charge in [-0.15, -0.1) is 0 Å². The number of rotatable bonds is 5. The summed E-state index contributed by atoms with van der Waals surface area (Å²) in [5, 5.41) is 0. The highest BCUT2D eigenvalue weighted by Crippen LogP contribution is 2.40. The Balaban J connectivity index is 2.06. The first kappa shape index (κ1) is 17.8. The van der Waals surface area contributed by atoms with Crippen LogP contribution in [0.25, 0.3) is 0 Å². The van der Waals surface area contributed by atoms with Crippen molar-refractivity contribution in [2.75, 3.05) is 20.8 Å². The normalized spacial score (nSPS) is 18.3. The van der Waals surface area contributed by atoms with Crippen LogP contribution in [-0.2, 0) is 10.0 Å². The van der Waals surface area contributed by atoms with Gasteiger partial charge in [-0.05, 0) is 43.0 Å². The molecule has 0 aromatic heterocycles. The first-order valence-corrected chi connectivity index (χ1v) is 9.72. The molecular formula is C19H23NO4S. The van der Waals surface area contributed by atoms with Crippen molar-refractivity contribution in [3.63, 3.8) is 0 Å². The molecule has 5 nitrogen and oxygen atoms in total. The van der Waals surface area contributed by atoms with Gasteiger partial charge in [0.2, 0.25) is 10.0 Å². The van der Waals surface area contributed by atoms with Crippen molar-refractivity contribution in [1.29, 1.82) is 0 Å². The van der Waals surface area contributed by atoms with Gasteiger partial charge in [0.15, 0.2) is 0 Å². The van der Waals surface area contributed by atoms with Crippen molar-refractivity contribution < 1.29 is 17.9 Å². The van der Waals surface area contributed by atoms with Gasteiger partial charge in [0, 0.05) is 12.6 Å². The molecule has 0 saturated carbocycles. The summed E-state index contributed by atoms with van der Waals surface area (Å²) in [4.78, 5) is 0.148. The smallest absolute Gasteiger partial charge is 0.247 e. The Morgan fingerprint density at radius 1 is 1.08 bits per heavy atom. The van der Waals surface area contributed by atoms with Crippen LogP contribution in [0.1, 0.15) is 30.0 Å². The van der Waals surface area contributed by atoms with Gasteiger partial charge < -0.3 is 9.47 Å². The number of ether oxygens (including phenoxy) is 2. The minimum absolute atomic E-state index is 0.148. The summed E-state index contributed by atoms with van der Waals surface area (Å²) in [7, 11) is -0.706. The predicted molar refractivity (Wildman–Crippen MR) is 96.6 cm³/mol. The fourth-order valence-corrected chi connectivity index (χ4v) is 5.26. The summed E-state index contributed by atoms with van der Waals surface area (Å²) in [6, 6.07) is 12.7. The van der Waals surface area contributed by atoms with Crippen molar-refractivity contribution in [2.24, 2.45) is 0 Å². The molecule has 2 aromatic rings. The summed E-state index contributed by atoms with van der Waals surface area (Å²) in [5.41, 5.74) is 2.16. The molecule has 1 fully saturated rings. The molecule has 134 valence electrons. The van der Waals surface area contributed by atoms with E-state index in [4.69, 9.17) is 9.47 Å². The number of nitrogens with zero attached hydrogens (tertiary/aromatic N) is 1. The van der Waals surface area contributed by atoms with E-state index in [2.05, 4.69) is 0 Å². The van der Waals surface area contributed by atoms with Crippen LogP contribution in [0.5, 0.6) is 11.5 Å². The molecule has 0 amide bonds. The molecule has 0 unspecified atom stereocenters. The summed E-state index contributed by atoms with van der Waals surface area (Å²) in [6.45, 7) is 2.52. The molecular weight excluding hydrogens is 338 g/mol. The molecule has 2 aromatic carbocycles. The average molecular weight is 361 g/mol. The van der Waals surface area contributed by atoms with Crippen LogP contribution < -0.4 is 9.47 Å². The lowest BCUT2D eigenvalue weighted by Gasteiger charge is -2.26. The number of aryl methyl sites for hydroxylation is 1. The lowest BCUT2D eigenvalue weighted by molar-refractivity contribution is 0.375. The van der Waals surface area contributed by atoms with Crippen molar-refractivity contribution in [3.05, 3.63) is 53.6 Å². The summed E-state index contributed by atoms with van der Waals surface area (Å²) >= 11 is 0. The van der Waals surface area contributed by atoms with Gasteiger partial charge in [-0.2, -0.15) is 4.31 Å². The molecule has 0 spiro atoms. The lowest BCUT2D eigenvalue weighted by Crippen LogP contribution is -2.31. The maximum Gasteiger partial charge on any atom is 0.247 e. The first-order valence-electron chi connectivity index (χ1n) is 8.28. The molecule has 0 aliphatic carbocycles. The SMILES string of the molecule is COc1ccc(OC)c(S(=O)(=O)N2CCC[C@H]2c2ccccc2C)c1. The maximum absolute atomic E-state index is 13.4. The Morgan fingerprint density at radius 2 is 1.84 bits per heavy atom. The second-order valence-corrected chi connectivity index (χ2v) is 8.01. The molecule has 25 heavy (non-hydrogen) atoms. The summed E-state index contributed by atoms with van der Waals surface area (Å²) < 4.78 is 38.8. The highest BCUT2D eigenvalue weighted by atomic mass is 32.2. The van der Waals surface area contributed by atoms with Gasteiger partial charge in [-0.3, -0.25) is 0 Å². The van der Waals surface area contributed by atoms with Gasteiger partial charge >= 0.3 is 0 Å². The fraction of sp³-hybridized carbons (Fsp3) is 0.368. The quantitative estimate of drug-likeness (QED) is 0.817. The molecule has 1 heterocycles. The first-order chi connectivity index (χ1) is 12.0. The Hall–Kier alpha value is -2.05. The molecule has 1 aliphatic heterocycles. The van der Waals surface area contributed by atoms with Gasteiger partial charge in [0.05, 0.1) is 20.3 Å². The number of methoxy groups -OCH3 is 2. The molecule has 6 heteroatoms. The third-order valence-corrected chi connectivity index (χ3v) is 6.64. The molecule has 1 aliphatic rings. The van der Waals surface area contributed by atoms with Crippen molar-refractivity contribution in [3.8, 4) is 11.5 Å². The predicted octanol–water partition coefficient (Wildman–Crippen LogP) is 3.54. The summed E-state index contributed by atoms with van der Waals surface area (Å²) in [5.74, 6) is 0.822. The van der Waals surface area contributed by atoms with Crippen LogP contribution in [0, 0.1) is 6.92 Å². The number of benzene rings is 2. The standard InChI is InChI=1S/C19H23NO4S/c1-14-7-4-5-8-16(14)17-9-6-12-20(17)25(21,22)19-13-15(23-2)10-11-18(19)24-3/h4-5,7-8,10-11,13,17H,6,9,12H2,1-3H3/t17-/m0/s1. The van der Waals surface area contributed by atoms with E-state index < -0.39 is 10.0 Å². The van der Waals surface area contributed by atoms with E-state index in [1.807, 2.05) is 31.2 Å². The zero-order valence-corrected chi connectivity index (χ0v) is 15.5. The molecule has 0 N–H and O–H groups in total. The minimum atomic E-state index is -3.70. The van der Waals surface area contributed by atoms with Gasteiger partial charge in [-0.1, -0.05) is 24.3 Å². The lowest BCUT2D eigenvalue weighted by atomic mass is 10.0. The molecule has 0 bridgehead atoms. The van der Waals surface area contributed by atoms with E-state index in [0.717, 1.165) is 24.0 Å². The Kier molecular flexibility index (Phi) is 5.01. The molecule has 1 saturated heterocycles. The number of hydrogen-bond donors (Lipinski definition) is 0. The highest BCUT2D eigenvalue weighted by molar-refractivity contribution is 7.89. The van der Waals surface area contributed by atoms with Crippen LogP contribution in [0.15, 0.2) is 47.4 Å². The van der Waals surface area contributed by atoms with Gasteiger partial charge in [0.25, 0.3) is 0 Å². The van der Waals surface area contributed by atoms with E-state index in [-0.39, 0.29) is 10.9 Å². The Morgan fingerprint density at radius 3 is 2.52 bits per heavy atom. The van der Waals surface area contributed by atoms with Crippen LogP contribution in [-0.4, -0.2) is 33.5 Å². The second kappa shape index (κ2) is 7.06. The van der Waals surface area contributed by atoms with E-state index in [0.29, 0.717) is 18.0 Å². The topological polar surface area (TPSA) is 55.8 Å². The summed E-state index contributed by atoms with van der Waals surface area (Å²) in [6.07, 6.45) is 1.65. The van der Waals surface area contributed by atoms with E-state index in [1.54, 1.807) is 16.4 Å². The van der Waals surface area contributed by atoms with Crippen LogP contribution in [0.3, 0.4) is 0 Å². The second-order valence-electron chi connectivity index (χ2n) is 6.15. The maximum atomic E-state index is 13.4. The van der Waals surface area contributed by atoms with E-state index >= 15 is 0 Å². The zero-order valence-electron chi connectivity index (χ0n) is 14.7. The number of hydrogen-bond acceptors (Lipinski definition) is 4. The molecule has 1 atom stereocenters. The highest BCUT2D eigenvalue weighted by Gasteiger charge is 2.38. The monoisotopic (exact) mass is 361 g/mol. The minimum Gasteiger partial charge on any atom is -0.497 e. The van der Waals surface area contributed by atoms with Gasteiger partial charge in [0.1, 0.15) is 16.4 Å². The third-order valence-electron chi connectivity index (χ3n) is 4.71. The van der Waals surface area contributed by atoms with Crippen LogP contribution >= 0.6 is 0 Å². The van der Waals surface area contributed by atoms with Crippen molar-refractivity contribution in [2.45, 2.75) is 30.7 Å². The van der Waals surface area contributed by atoms with Crippen molar-refractivity contribution in [1.82, 2.24) is 4.31 Å². The fourth-order valence-electron chi connectivity index (χ4n) is 3.41. The third kappa shape index (κ3) is 3.24. The van der Waals surface area contributed by atoms with Crippen LogP contribution in [0.2, 0.25) is 0 Å². The Labute approximate surface area is 149 Å². The van der Waals surface area contributed by atoms with Gasteiger partial charge in [-0.25, -0.2) is 8.42 Å². The number of sulfonamides is 1. The average Bonchev–Trinajstić information content (AvgIpc) is 3.12. The van der Waals surface area contributed by atoms with Crippen LogP contribution in [0.4, 0.5) is 0 Å². The van der Waals surface area contributed by atoms with Crippen molar-refractivity contribution >= 4 is 10.0 Å². The van der Waals surface area contributed by atoms with E-state index in [1.165, 1.54) is 20.3 Å². The Bertz CT molecular complexity index is 863. The molecule has 3 rings (SSSR count).